The lowest BCUT2D eigenvalue weighted by Gasteiger charge is -2.04. The lowest BCUT2D eigenvalue weighted by molar-refractivity contribution is 0.708. The van der Waals surface area contributed by atoms with E-state index in [-0.39, 0.29) is 0 Å². The standard InChI is InChI=1S/C9H11BrN4S/c1-2-14-4-3-11-8(14)5-12-9-13-7(10)6-15-9/h3-4,6H,2,5H2,1H3,(H,12,13). The summed E-state index contributed by atoms with van der Waals surface area (Å²) >= 11 is 4.90. The molecule has 0 bridgehead atoms. The number of halogens is 1. The fourth-order valence-corrected chi connectivity index (χ4v) is 2.43. The molecule has 0 aliphatic rings. The molecule has 0 fully saturated rings. The summed E-state index contributed by atoms with van der Waals surface area (Å²) in [4.78, 5) is 8.53. The van der Waals surface area contributed by atoms with Crippen LogP contribution in [0.2, 0.25) is 0 Å². The molecule has 2 aromatic heterocycles. The average Bonchev–Trinajstić information content (AvgIpc) is 2.83. The molecule has 2 heterocycles. The molecule has 4 nitrogen and oxygen atoms in total. The quantitative estimate of drug-likeness (QED) is 0.940. The van der Waals surface area contributed by atoms with E-state index in [2.05, 4.69) is 42.7 Å². The summed E-state index contributed by atoms with van der Waals surface area (Å²) in [5.41, 5.74) is 0. The van der Waals surface area contributed by atoms with E-state index in [9.17, 15) is 0 Å². The third kappa shape index (κ3) is 2.57. The van der Waals surface area contributed by atoms with Crippen molar-refractivity contribution in [2.45, 2.75) is 20.0 Å². The average molecular weight is 287 g/mol. The summed E-state index contributed by atoms with van der Waals surface area (Å²) in [6, 6.07) is 0. The van der Waals surface area contributed by atoms with E-state index in [1.165, 1.54) is 0 Å². The Labute approximate surface area is 100 Å². The van der Waals surface area contributed by atoms with Gasteiger partial charge in [0.05, 0.1) is 6.54 Å². The Morgan fingerprint density at radius 1 is 1.60 bits per heavy atom. The normalized spacial score (nSPS) is 10.5. The van der Waals surface area contributed by atoms with Gasteiger partial charge in [0, 0.05) is 24.3 Å². The van der Waals surface area contributed by atoms with Crippen molar-refractivity contribution in [3.8, 4) is 0 Å². The van der Waals surface area contributed by atoms with Crippen molar-refractivity contribution < 1.29 is 0 Å². The van der Waals surface area contributed by atoms with E-state index < -0.39 is 0 Å². The Hall–Kier alpha value is -0.880. The molecule has 0 aromatic carbocycles. The van der Waals surface area contributed by atoms with Crippen LogP contribution in [-0.4, -0.2) is 14.5 Å². The summed E-state index contributed by atoms with van der Waals surface area (Å²) in [5.74, 6) is 1.03. The largest absolute Gasteiger partial charge is 0.354 e. The van der Waals surface area contributed by atoms with Gasteiger partial charge in [-0.25, -0.2) is 9.97 Å². The van der Waals surface area contributed by atoms with Gasteiger partial charge in [0.2, 0.25) is 0 Å². The van der Waals surface area contributed by atoms with Gasteiger partial charge < -0.3 is 9.88 Å². The lowest BCUT2D eigenvalue weighted by Crippen LogP contribution is -2.07. The van der Waals surface area contributed by atoms with E-state index in [0.29, 0.717) is 6.54 Å². The highest BCUT2D eigenvalue weighted by atomic mass is 79.9. The summed E-state index contributed by atoms with van der Waals surface area (Å²) in [6.07, 6.45) is 3.80. The summed E-state index contributed by atoms with van der Waals surface area (Å²) < 4.78 is 2.98. The van der Waals surface area contributed by atoms with Gasteiger partial charge in [-0.3, -0.25) is 0 Å². The van der Waals surface area contributed by atoms with Crippen LogP contribution in [0.15, 0.2) is 22.4 Å². The van der Waals surface area contributed by atoms with Gasteiger partial charge in [-0.1, -0.05) is 0 Å². The van der Waals surface area contributed by atoms with Gasteiger partial charge in [0.1, 0.15) is 10.4 Å². The number of rotatable bonds is 4. The molecule has 15 heavy (non-hydrogen) atoms. The van der Waals surface area contributed by atoms with Crippen molar-refractivity contribution in [2.24, 2.45) is 0 Å². The van der Waals surface area contributed by atoms with Gasteiger partial charge in [-0.05, 0) is 22.9 Å². The van der Waals surface area contributed by atoms with Crippen molar-refractivity contribution in [3.63, 3.8) is 0 Å². The predicted octanol–water partition coefficient (Wildman–Crippen LogP) is 2.73. The smallest absolute Gasteiger partial charge is 0.184 e. The zero-order valence-electron chi connectivity index (χ0n) is 8.27. The summed E-state index contributed by atoms with van der Waals surface area (Å²) in [6.45, 7) is 3.75. The first-order chi connectivity index (χ1) is 7.29. The minimum Gasteiger partial charge on any atom is -0.354 e. The molecule has 80 valence electrons. The predicted molar refractivity (Wildman–Crippen MR) is 65.0 cm³/mol. The van der Waals surface area contributed by atoms with E-state index in [1.54, 1.807) is 11.3 Å². The van der Waals surface area contributed by atoms with Crippen LogP contribution >= 0.6 is 27.3 Å². The number of imidazole rings is 1. The highest BCUT2D eigenvalue weighted by molar-refractivity contribution is 9.10. The molecule has 0 saturated carbocycles. The Bertz CT molecular complexity index is 437. The molecule has 0 atom stereocenters. The molecule has 2 aromatic rings. The summed E-state index contributed by atoms with van der Waals surface area (Å²) in [5, 5.41) is 6.10. The number of hydrogen-bond donors (Lipinski definition) is 1. The lowest BCUT2D eigenvalue weighted by atomic mass is 10.5. The molecule has 0 aliphatic carbocycles. The molecule has 0 saturated heterocycles. The maximum atomic E-state index is 4.27. The van der Waals surface area contributed by atoms with Gasteiger partial charge >= 0.3 is 0 Å². The number of aromatic nitrogens is 3. The molecular weight excluding hydrogens is 276 g/mol. The maximum absolute atomic E-state index is 4.27. The molecule has 0 spiro atoms. The molecular formula is C9H11BrN4S. The minimum atomic E-state index is 0.709. The van der Waals surface area contributed by atoms with E-state index >= 15 is 0 Å². The van der Waals surface area contributed by atoms with Gasteiger partial charge in [0.25, 0.3) is 0 Å². The zero-order valence-corrected chi connectivity index (χ0v) is 10.7. The fourth-order valence-electron chi connectivity index (χ4n) is 1.29. The highest BCUT2D eigenvalue weighted by Gasteiger charge is 2.02. The van der Waals surface area contributed by atoms with E-state index in [4.69, 9.17) is 0 Å². The number of aryl methyl sites for hydroxylation is 1. The van der Waals surface area contributed by atoms with Crippen LogP contribution in [-0.2, 0) is 13.1 Å². The first-order valence-electron chi connectivity index (χ1n) is 4.64. The zero-order chi connectivity index (χ0) is 10.7. The van der Waals surface area contributed by atoms with Crippen LogP contribution in [0.1, 0.15) is 12.7 Å². The van der Waals surface area contributed by atoms with Crippen molar-refractivity contribution in [1.29, 1.82) is 0 Å². The number of nitrogens with zero attached hydrogens (tertiary/aromatic N) is 3. The van der Waals surface area contributed by atoms with Crippen molar-refractivity contribution in [2.75, 3.05) is 5.32 Å². The molecule has 0 radical (unpaired) electrons. The van der Waals surface area contributed by atoms with Gasteiger partial charge in [0.15, 0.2) is 5.13 Å². The van der Waals surface area contributed by atoms with Crippen LogP contribution in [0.5, 0.6) is 0 Å². The first kappa shape index (κ1) is 10.6. The Morgan fingerprint density at radius 2 is 2.47 bits per heavy atom. The third-order valence-electron chi connectivity index (χ3n) is 2.02. The van der Waals surface area contributed by atoms with E-state index in [0.717, 1.165) is 22.1 Å². The molecule has 0 aliphatic heterocycles. The van der Waals surface area contributed by atoms with E-state index in [1.807, 2.05) is 17.8 Å². The highest BCUT2D eigenvalue weighted by Crippen LogP contribution is 2.19. The molecule has 0 unspecified atom stereocenters. The van der Waals surface area contributed by atoms with Gasteiger partial charge in [-0.2, -0.15) is 0 Å². The first-order valence-corrected chi connectivity index (χ1v) is 6.31. The second kappa shape index (κ2) is 4.76. The Kier molecular flexibility index (Phi) is 3.37. The minimum absolute atomic E-state index is 0.709. The number of anilines is 1. The van der Waals surface area contributed by atoms with Crippen LogP contribution < -0.4 is 5.32 Å². The second-order valence-corrected chi connectivity index (χ2v) is 4.63. The van der Waals surface area contributed by atoms with Crippen molar-refractivity contribution >= 4 is 32.4 Å². The van der Waals surface area contributed by atoms with Crippen LogP contribution in [0.3, 0.4) is 0 Å². The maximum Gasteiger partial charge on any atom is 0.184 e. The topological polar surface area (TPSA) is 42.7 Å². The van der Waals surface area contributed by atoms with Crippen LogP contribution in [0, 0.1) is 0 Å². The number of hydrogen-bond acceptors (Lipinski definition) is 4. The third-order valence-corrected chi connectivity index (χ3v) is 3.53. The van der Waals surface area contributed by atoms with Gasteiger partial charge in [-0.15, -0.1) is 11.3 Å². The summed E-state index contributed by atoms with van der Waals surface area (Å²) in [7, 11) is 0. The molecule has 0 amide bonds. The fraction of sp³-hybridized carbons (Fsp3) is 0.333. The van der Waals surface area contributed by atoms with Crippen molar-refractivity contribution in [3.05, 3.63) is 28.2 Å². The van der Waals surface area contributed by atoms with Crippen LogP contribution in [0.4, 0.5) is 5.13 Å². The van der Waals surface area contributed by atoms with Crippen LogP contribution in [0.25, 0.3) is 0 Å². The van der Waals surface area contributed by atoms with Crippen molar-refractivity contribution in [1.82, 2.24) is 14.5 Å². The number of nitrogens with one attached hydrogen (secondary N) is 1. The SMILES string of the molecule is CCn1ccnc1CNc1nc(Br)cs1. The number of thiazole rings is 1. The second-order valence-electron chi connectivity index (χ2n) is 2.96. The monoisotopic (exact) mass is 286 g/mol. The molecule has 2 rings (SSSR count). The Morgan fingerprint density at radius 3 is 3.13 bits per heavy atom. The molecule has 6 heteroatoms. The Balaban J connectivity index is 1.98. The molecule has 1 N–H and O–H groups in total.